The van der Waals surface area contributed by atoms with E-state index in [1.54, 1.807) is 37.3 Å². The highest BCUT2D eigenvalue weighted by Gasteiger charge is 2.31. The maximum Gasteiger partial charge on any atom is 0.416 e. The zero-order valence-electron chi connectivity index (χ0n) is 17.5. The number of carbonyl (C=O) groups is 1. The number of ether oxygens (including phenoxy) is 1. The Hall–Kier alpha value is -2.96. The van der Waals surface area contributed by atoms with Gasteiger partial charge in [0.2, 0.25) is 0 Å². The van der Waals surface area contributed by atoms with Gasteiger partial charge in [-0.2, -0.15) is 13.2 Å². The van der Waals surface area contributed by atoms with Gasteiger partial charge in [0.15, 0.2) is 14.8 Å². The van der Waals surface area contributed by atoms with E-state index < -0.39 is 23.3 Å². The number of carbonyl (C=O) groups excluding carboxylic acids is 1. The fraction of sp³-hybridized carbons (Fsp3) is 0.182. The summed E-state index contributed by atoms with van der Waals surface area (Å²) in [5.41, 5.74) is -0.502. The quantitative estimate of drug-likeness (QED) is 0.141. The fourth-order valence-corrected chi connectivity index (χ4v) is 5.32. The van der Waals surface area contributed by atoms with E-state index in [0.717, 1.165) is 35.2 Å². The van der Waals surface area contributed by atoms with Crippen LogP contribution in [-0.4, -0.2) is 32.4 Å². The van der Waals surface area contributed by atoms with Crippen LogP contribution in [0, 0.1) is 3.95 Å². The van der Waals surface area contributed by atoms with Crippen molar-refractivity contribution in [2.24, 2.45) is 0 Å². The lowest BCUT2D eigenvalue weighted by Gasteiger charge is -2.13. The lowest BCUT2D eigenvalue weighted by Crippen LogP contribution is -2.22. The number of rotatable bonds is 6. The second-order valence-electron chi connectivity index (χ2n) is 6.87. The smallest absolute Gasteiger partial charge is 0.416 e. The van der Waals surface area contributed by atoms with Gasteiger partial charge in [-0.25, -0.2) is 4.98 Å². The molecule has 12 heteroatoms. The van der Waals surface area contributed by atoms with Gasteiger partial charge in [-0.05, 0) is 49.5 Å². The van der Waals surface area contributed by atoms with Crippen molar-refractivity contribution >= 4 is 51.6 Å². The summed E-state index contributed by atoms with van der Waals surface area (Å²) in [5.74, 6) is -0.589. The van der Waals surface area contributed by atoms with Crippen molar-refractivity contribution < 1.29 is 22.7 Å². The molecule has 6 nitrogen and oxygen atoms in total. The largest absolute Gasteiger partial charge is 0.465 e. The molecule has 2 aromatic heterocycles. The van der Waals surface area contributed by atoms with Gasteiger partial charge in [-0.15, -0.1) is 0 Å². The number of halogens is 3. The van der Waals surface area contributed by atoms with Crippen LogP contribution >= 0.6 is 35.3 Å². The van der Waals surface area contributed by atoms with Crippen molar-refractivity contribution in [3.8, 4) is 11.4 Å². The monoisotopic (exact) mass is 523 g/mol. The number of alkyl halides is 3. The third kappa shape index (κ3) is 4.79. The molecule has 0 atom stereocenters. The van der Waals surface area contributed by atoms with Crippen molar-refractivity contribution in [3.05, 3.63) is 74.5 Å². The molecule has 0 radical (unpaired) electrons. The summed E-state index contributed by atoms with van der Waals surface area (Å²) >= 11 is 7.36. The highest BCUT2D eigenvalue weighted by atomic mass is 32.2. The van der Waals surface area contributed by atoms with E-state index in [0.29, 0.717) is 5.69 Å². The molecule has 2 aromatic carbocycles. The predicted molar refractivity (Wildman–Crippen MR) is 128 cm³/mol. The van der Waals surface area contributed by atoms with Crippen LogP contribution in [0.25, 0.3) is 21.7 Å². The van der Waals surface area contributed by atoms with E-state index in [1.165, 1.54) is 21.3 Å². The molecular formula is C22H16F3N3O3S3. The summed E-state index contributed by atoms with van der Waals surface area (Å²) < 4.78 is 47.9. The second kappa shape index (κ2) is 9.72. The maximum atomic E-state index is 13.5. The average molecular weight is 524 g/mol. The summed E-state index contributed by atoms with van der Waals surface area (Å²) in [6, 6.07) is 13.4. The number of aromatic nitrogens is 3. The summed E-state index contributed by atoms with van der Waals surface area (Å²) in [7, 11) is 0. The molecule has 0 saturated carbocycles. The van der Waals surface area contributed by atoms with Gasteiger partial charge in [0.1, 0.15) is 4.70 Å². The van der Waals surface area contributed by atoms with Gasteiger partial charge in [-0.1, -0.05) is 47.4 Å². The molecule has 4 aromatic rings. The van der Waals surface area contributed by atoms with Gasteiger partial charge in [0, 0.05) is 5.69 Å². The van der Waals surface area contributed by atoms with Gasteiger partial charge >= 0.3 is 12.1 Å². The Labute approximate surface area is 204 Å². The zero-order chi connectivity index (χ0) is 24.5. The second-order valence-corrected chi connectivity index (χ2v) is 9.46. The van der Waals surface area contributed by atoms with Crippen LogP contribution in [0.5, 0.6) is 0 Å². The van der Waals surface area contributed by atoms with Crippen molar-refractivity contribution in [1.29, 1.82) is 0 Å². The Kier molecular flexibility index (Phi) is 6.91. The van der Waals surface area contributed by atoms with Gasteiger partial charge < -0.3 is 4.74 Å². The van der Waals surface area contributed by atoms with E-state index in [4.69, 9.17) is 17.0 Å². The molecule has 0 amide bonds. The molecule has 176 valence electrons. The molecule has 34 heavy (non-hydrogen) atoms. The highest BCUT2D eigenvalue weighted by molar-refractivity contribution is 7.99. The number of benzene rings is 2. The van der Waals surface area contributed by atoms with Crippen molar-refractivity contribution in [2.75, 3.05) is 12.4 Å². The molecule has 0 N–H and O–H groups in total. The minimum atomic E-state index is -4.54. The first-order valence-corrected chi connectivity index (χ1v) is 12.1. The molecule has 0 aliphatic rings. The molecule has 0 bridgehead atoms. The minimum absolute atomic E-state index is 0.104. The lowest BCUT2D eigenvalue weighted by molar-refractivity contribution is -0.140. The molecular weight excluding hydrogens is 507 g/mol. The Morgan fingerprint density at radius 1 is 1.12 bits per heavy atom. The zero-order valence-corrected chi connectivity index (χ0v) is 20.0. The molecule has 0 saturated heterocycles. The molecule has 4 rings (SSSR count). The number of para-hydroxylation sites is 1. The SMILES string of the molecule is CCOC(=O)CSc1nc2c(sc(=S)n2-c2cccc(C(F)(F)F)c2)c(=O)n1-c1ccccc1. The van der Waals surface area contributed by atoms with Crippen molar-refractivity contribution in [2.45, 2.75) is 18.3 Å². The number of nitrogens with zero attached hydrogens (tertiary/aromatic N) is 3. The number of thioether (sulfide) groups is 1. The van der Waals surface area contributed by atoms with E-state index in [2.05, 4.69) is 4.98 Å². The van der Waals surface area contributed by atoms with Crippen LogP contribution in [0.4, 0.5) is 13.2 Å². The van der Waals surface area contributed by atoms with Gasteiger partial charge in [0.25, 0.3) is 5.56 Å². The Morgan fingerprint density at radius 2 is 1.82 bits per heavy atom. The normalized spacial score (nSPS) is 11.6. The van der Waals surface area contributed by atoms with E-state index in [-0.39, 0.29) is 37.5 Å². The topological polar surface area (TPSA) is 66.1 Å². The summed E-state index contributed by atoms with van der Waals surface area (Å²) in [5, 5.41) is 0.185. The molecule has 0 unspecified atom stereocenters. The first-order valence-electron chi connectivity index (χ1n) is 9.90. The first kappa shape index (κ1) is 24.2. The van der Waals surface area contributed by atoms with E-state index in [1.807, 2.05) is 0 Å². The number of fused-ring (bicyclic) bond motifs is 1. The fourth-order valence-electron chi connectivity index (χ4n) is 3.21. The van der Waals surface area contributed by atoms with E-state index >= 15 is 0 Å². The van der Waals surface area contributed by atoms with Crippen molar-refractivity contribution in [3.63, 3.8) is 0 Å². The minimum Gasteiger partial charge on any atom is -0.465 e. The Morgan fingerprint density at radius 3 is 2.50 bits per heavy atom. The molecule has 2 heterocycles. The van der Waals surface area contributed by atoms with Crippen LogP contribution in [0.2, 0.25) is 0 Å². The Balaban J connectivity index is 1.95. The maximum absolute atomic E-state index is 13.5. The van der Waals surface area contributed by atoms with Gasteiger partial charge in [-0.3, -0.25) is 18.7 Å². The van der Waals surface area contributed by atoms with Crippen LogP contribution in [0.15, 0.2) is 64.5 Å². The predicted octanol–water partition coefficient (Wildman–Crippen LogP) is 5.64. The summed E-state index contributed by atoms with van der Waals surface area (Å²) in [6.45, 7) is 1.89. The third-order valence-electron chi connectivity index (χ3n) is 4.65. The van der Waals surface area contributed by atoms with Crippen LogP contribution in [-0.2, 0) is 15.7 Å². The van der Waals surface area contributed by atoms with E-state index in [9.17, 15) is 22.8 Å². The molecule has 0 aliphatic heterocycles. The van der Waals surface area contributed by atoms with Crippen molar-refractivity contribution in [1.82, 2.24) is 14.1 Å². The van der Waals surface area contributed by atoms with Crippen LogP contribution < -0.4 is 5.56 Å². The summed E-state index contributed by atoms with van der Waals surface area (Å²) in [6.07, 6.45) is -4.54. The Bertz CT molecular complexity index is 1480. The lowest BCUT2D eigenvalue weighted by atomic mass is 10.2. The van der Waals surface area contributed by atoms with Gasteiger partial charge in [0.05, 0.1) is 23.6 Å². The first-order chi connectivity index (χ1) is 16.2. The number of hydrogen-bond donors (Lipinski definition) is 0. The number of hydrogen-bond acceptors (Lipinski definition) is 7. The molecule has 0 spiro atoms. The average Bonchev–Trinajstić information content (AvgIpc) is 3.14. The van der Waals surface area contributed by atoms with Crippen LogP contribution in [0.1, 0.15) is 12.5 Å². The summed E-state index contributed by atoms with van der Waals surface area (Å²) in [4.78, 5) is 30.0. The van der Waals surface area contributed by atoms with Crippen LogP contribution in [0.3, 0.4) is 0 Å². The number of thiazole rings is 1. The standard InChI is InChI=1S/C22H16F3N3O3S3/c1-2-31-16(29)12-33-20-26-18-17(19(30)28(20)14-8-4-3-5-9-14)34-21(32)27(18)15-10-6-7-13(11-15)22(23,24)25/h3-11H,2,12H2,1H3. The number of esters is 1. The molecule has 0 aliphatic carbocycles. The highest BCUT2D eigenvalue weighted by Crippen LogP contribution is 2.32. The molecule has 0 fully saturated rings. The third-order valence-corrected chi connectivity index (χ3v) is 6.91.